The van der Waals surface area contributed by atoms with Crippen LogP contribution in [-0.4, -0.2) is 38.1 Å². The number of aliphatic hydroxyl groups excluding tert-OH is 1. The van der Waals surface area contributed by atoms with Crippen molar-refractivity contribution in [2.24, 2.45) is 0 Å². The molecule has 304 valence electrons. The van der Waals surface area contributed by atoms with Gasteiger partial charge in [0.25, 0.3) is 0 Å². The Morgan fingerprint density at radius 1 is 0.550 bits per heavy atom. The van der Waals surface area contributed by atoms with E-state index in [9.17, 15) is 0 Å². The van der Waals surface area contributed by atoms with Gasteiger partial charge in [0.05, 0.1) is 11.0 Å². The number of pyridine rings is 3. The molecule has 0 unspecified atom stereocenters. The molecule has 12 heteroatoms. The zero-order chi connectivity index (χ0) is 38.5. The van der Waals surface area contributed by atoms with Crippen LogP contribution in [0.1, 0.15) is 39.3 Å². The number of para-hydroxylation sites is 3. The fraction of sp³-hybridized carbons (Fsp3) is 0.104. The molecule has 3 N–H and O–H groups in total. The second-order valence-corrected chi connectivity index (χ2v) is 12.1. The van der Waals surface area contributed by atoms with Gasteiger partial charge in [-0.05, 0) is 73.5 Å². The van der Waals surface area contributed by atoms with Crippen molar-refractivity contribution in [2.75, 3.05) is 0 Å². The van der Waals surface area contributed by atoms with Crippen molar-refractivity contribution in [3.8, 4) is 0 Å². The molecule has 0 saturated carbocycles. The third kappa shape index (κ3) is 20.2. The van der Waals surface area contributed by atoms with Gasteiger partial charge in [0.15, 0.2) is 0 Å². The number of nitrogens with one attached hydrogen (secondary N) is 1. The van der Waals surface area contributed by atoms with Crippen LogP contribution in [0.5, 0.6) is 0 Å². The van der Waals surface area contributed by atoms with Crippen molar-refractivity contribution in [1.29, 1.82) is 0 Å². The van der Waals surface area contributed by atoms with Gasteiger partial charge in [-0.15, -0.1) is 17.9 Å². The van der Waals surface area contributed by atoms with Gasteiger partial charge >= 0.3 is 42.1 Å². The van der Waals surface area contributed by atoms with Crippen LogP contribution in [0.3, 0.4) is 0 Å². The number of amides is 1. The van der Waals surface area contributed by atoms with Crippen LogP contribution < -0.4 is 5.48 Å². The Bertz CT molecular complexity index is 2270. The number of nitrogens with zero attached hydrogens (tertiary/aromatic N) is 3. The Balaban J connectivity index is -0.000000733. The quantitative estimate of drug-likeness (QED) is 0.0679. The Morgan fingerprint density at radius 2 is 0.917 bits per heavy atom. The van der Waals surface area contributed by atoms with Gasteiger partial charge in [0, 0.05) is 79.1 Å². The number of aryl methyl sites for hydroxylation is 3. The van der Waals surface area contributed by atoms with Gasteiger partial charge in [-0.3, -0.25) is 15.0 Å². The number of hydrogen-bond acceptors (Lipinski definition) is 6. The van der Waals surface area contributed by atoms with E-state index in [4.69, 9.17) is 19.9 Å². The van der Waals surface area contributed by atoms with Gasteiger partial charge in [0.2, 0.25) is 0 Å². The molecule has 8 rings (SSSR count). The van der Waals surface area contributed by atoms with E-state index in [2.05, 4.69) is 148 Å². The first kappa shape index (κ1) is 60.6. The first-order valence-corrected chi connectivity index (χ1v) is 17.1. The molecule has 8 aromatic rings. The molecule has 0 atom stereocenters. The molecule has 5 aromatic carbocycles. The van der Waals surface area contributed by atoms with Crippen molar-refractivity contribution >= 4 is 45.6 Å². The van der Waals surface area contributed by atoms with Crippen molar-refractivity contribution in [1.82, 2.24) is 20.4 Å². The summed E-state index contributed by atoms with van der Waals surface area (Å²) in [5, 5.41) is 17.5. The summed E-state index contributed by atoms with van der Waals surface area (Å²) < 4.78 is 0. The van der Waals surface area contributed by atoms with E-state index in [0.717, 1.165) is 63.7 Å². The SMILES string of the molecule is Cc1ccc2ccc[c-]c2n1.Cc1ccc2cccc(Cc3ccccc3)c2n1.Cc1ccc2cccc(Cc3ccccc3)c2n1.O=[C-]NO.O=[C-]O.[CH3-].[CH3-].[V].[W+2].[W+2].[Y]. The van der Waals surface area contributed by atoms with Crippen LogP contribution >= 0.6 is 0 Å². The van der Waals surface area contributed by atoms with Crippen LogP contribution in [0.4, 0.5) is 0 Å². The number of benzene rings is 5. The van der Waals surface area contributed by atoms with Crippen molar-refractivity contribution in [3.05, 3.63) is 212 Å². The number of hydroxylamine groups is 1. The third-order valence-corrected chi connectivity index (χ3v) is 8.06. The van der Waals surface area contributed by atoms with Crippen molar-refractivity contribution < 1.29 is 113 Å². The largest absolute Gasteiger partial charge is 2.00 e. The monoisotopic (exact) mass is 1250 g/mol. The number of hydrogen-bond donors (Lipinski definition) is 3. The maximum atomic E-state index is 8.69. The molecule has 8 nitrogen and oxygen atoms in total. The van der Waals surface area contributed by atoms with Crippen LogP contribution in [-0.2, 0) is 116 Å². The smallest absolute Gasteiger partial charge is 0.665 e. The molecule has 0 bridgehead atoms. The molecular formula is C48H47N4O4VW2Y-. The van der Waals surface area contributed by atoms with E-state index >= 15 is 0 Å². The maximum Gasteiger partial charge on any atom is 2.00 e. The third-order valence-electron chi connectivity index (χ3n) is 8.06. The van der Waals surface area contributed by atoms with E-state index in [0.29, 0.717) is 6.47 Å². The number of rotatable bonds is 5. The van der Waals surface area contributed by atoms with E-state index in [-0.39, 0.29) is 108 Å². The number of carbonyl (C=O) groups excluding carboxylic acids is 1. The topological polar surface area (TPSA) is 125 Å². The summed E-state index contributed by atoms with van der Waals surface area (Å²) >= 11 is 0. The van der Waals surface area contributed by atoms with Gasteiger partial charge < -0.3 is 40.2 Å². The minimum atomic E-state index is 0. The summed E-state index contributed by atoms with van der Waals surface area (Å²) in [6.07, 6.45) is 2.86. The average Bonchev–Trinajstić information content (AvgIpc) is 3.20. The Hall–Kier alpha value is -3.71. The number of aromatic nitrogens is 3. The van der Waals surface area contributed by atoms with E-state index in [1.54, 1.807) is 0 Å². The fourth-order valence-corrected chi connectivity index (χ4v) is 5.63. The van der Waals surface area contributed by atoms with Crippen molar-refractivity contribution in [3.63, 3.8) is 0 Å². The van der Waals surface area contributed by atoms with Gasteiger partial charge in [-0.1, -0.05) is 122 Å². The van der Waals surface area contributed by atoms with Gasteiger partial charge in [0.1, 0.15) is 0 Å². The van der Waals surface area contributed by atoms with E-state index in [1.807, 2.05) is 45.0 Å². The van der Waals surface area contributed by atoms with Crippen molar-refractivity contribution in [2.45, 2.75) is 33.6 Å². The molecule has 60 heavy (non-hydrogen) atoms. The summed E-state index contributed by atoms with van der Waals surface area (Å²) in [6.45, 7) is 6.57. The summed E-state index contributed by atoms with van der Waals surface area (Å²) in [7, 11) is 0. The molecule has 2 radical (unpaired) electrons. The van der Waals surface area contributed by atoms with Gasteiger partial charge in [-0.25, -0.2) is 0 Å². The standard InChI is InChI=1S/2C17H15N.C10H8N.CH2NO2.CHO2.2CH3.V.2W.Y/c2*1-13-10-11-15-8-5-9-16(17(15)18-13)12-14-6-3-2-4-7-14;1-8-6-7-9-4-2-3-5-10(9)11-8;3-1-2-4;2-1-3;;;;;;/h2*2-11H,12H2,1H3;2-4,6-7H,1H3;4H,(H,2,3);(H,2,3);2*1H3;;;;/q;;5*-1;;2*+2;. The number of fused-ring (bicyclic) bond motifs is 3. The zero-order valence-electron chi connectivity index (χ0n) is 34.2. The van der Waals surface area contributed by atoms with Crippen LogP contribution in [0.25, 0.3) is 32.7 Å². The van der Waals surface area contributed by atoms with E-state index < -0.39 is 0 Å². The van der Waals surface area contributed by atoms with E-state index in [1.165, 1.54) is 33.0 Å². The normalized spacial score (nSPS) is 8.87. The molecule has 0 aliphatic rings. The minimum Gasteiger partial charge on any atom is -0.665 e. The zero-order valence-corrected chi connectivity index (χ0v) is 44.3. The molecule has 0 fully saturated rings. The predicted octanol–water partition coefficient (Wildman–Crippen LogP) is 10.1. The first-order chi connectivity index (χ1) is 26.3. The second-order valence-electron chi connectivity index (χ2n) is 12.1. The van der Waals surface area contributed by atoms with Crippen LogP contribution in [0, 0.1) is 41.7 Å². The fourth-order valence-electron chi connectivity index (χ4n) is 5.63. The molecule has 3 aromatic heterocycles. The Morgan fingerprint density at radius 3 is 1.32 bits per heavy atom. The van der Waals surface area contributed by atoms with Crippen LogP contribution in [0.15, 0.2) is 152 Å². The molecule has 0 saturated heterocycles. The second kappa shape index (κ2) is 33.9. The average molecular weight is 1250 g/mol. The molecule has 0 aliphatic heterocycles. The summed E-state index contributed by atoms with van der Waals surface area (Å²) in [4.78, 5) is 30.6. The predicted molar refractivity (Wildman–Crippen MR) is 229 cm³/mol. The summed E-state index contributed by atoms with van der Waals surface area (Å²) in [6, 6.07) is 55.3. The molecule has 0 spiro atoms. The molecular weight excluding hydrogens is 1200 g/mol. The summed E-state index contributed by atoms with van der Waals surface area (Å²) in [5.74, 6) is 0. The maximum absolute atomic E-state index is 8.69. The minimum absolute atomic E-state index is 0. The Labute approximate surface area is 420 Å². The Kier molecular flexibility index (Phi) is 34.3. The first-order valence-electron chi connectivity index (χ1n) is 17.1. The molecule has 0 aliphatic carbocycles. The molecule has 1 amide bonds. The summed E-state index contributed by atoms with van der Waals surface area (Å²) in [5.41, 5.74) is 12.8. The van der Waals surface area contributed by atoms with Gasteiger partial charge in [-0.2, -0.15) is 24.3 Å². The molecule has 3 heterocycles. The van der Waals surface area contributed by atoms with Crippen LogP contribution in [0.2, 0.25) is 0 Å².